The van der Waals surface area contributed by atoms with Gasteiger partial charge in [0.05, 0.1) is 17.6 Å². The van der Waals surface area contributed by atoms with Crippen LogP contribution in [0.4, 0.5) is 0 Å². The maximum absolute atomic E-state index is 4.34. The average molecular weight is 236 g/mol. The Morgan fingerprint density at radius 2 is 1.89 bits per heavy atom. The minimum Gasteiger partial charge on any atom is -0.233 e. The Morgan fingerprint density at radius 1 is 1.17 bits per heavy atom. The van der Waals surface area contributed by atoms with Gasteiger partial charge >= 0.3 is 0 Å². The molecule has 18 heavy (non-hydrogen) atoms. The molecule has 0 aliphatic carbocycles. The molecule has 0 bridgehead atoms. The van der Waals surface area contributed by atoms with Crippen molar-refractivity contribution in [1.29, 1.82) is 0 Å². The van der Waals surface area contributed by atoms with Crippen molar-refractivity contribution in [2.24, 2.45) is 0 Å². The van der Waals surface area contributed by atoms with Crippen molar-refractivity contribution in [3.8, 4) is 5.69 Å². The summed E-state index contributed by atoms with van der Waals surface area (Å²) in [5.74, 6) is 0. The molecule has 2 rings (SSSR count). The van der Waals surface area contributed by atoms with Gasteiger partial charge in [-0.2, -0.15) is 5.10 Å². The van der Waals surface area contributed by atoms with Crippen molar-refractivity contribution in [1.82, 2.24) is 9.78 Å². The first-order chi connectivity index (χ1) is 8.74. The second-order valence-corrected chi connectivity index (χ2v) is 3.97. The van der Waals surface area contributed by atoms with E-state index in [1.165, 1.54) is 0 Å². The minimum atomic E-state index is 0.884. The smallest absolute Gasteiger partial charge is 0.0740 e. The molecule has 0 aliphatic heterocycles. The molecule has 0 saturated carbocycles. The van der Waals surface area contributed by atoms with Crippen molar-refractivity contribution in [2.45, 2.75) is 6.92 Å². The van der Waals surface area contributed by atoms with Crippen LogP contribution in [0.3, 0.4) is 0 Å². The van der Waals surface area contributed by atoms with Crippen LogP contribution in [0.2, 0.25) is 0 Å². The lowest BCUT2D eigenvalue weighted by atomic mass is 10.1. The van der Waals surface area contributed by atoms with Gasteiger partial charge in [0, 0.05) is 0 Å². The third-order valence-corrected chi connectivity index (χ3v) is 2.71. The fourth-order valence-electron chi connectivity index (χ4n) is 1.77. The molecule has 0 fully saturated rings. The third-order valence-electron chi connectivity index (χ3n) is 2.71. The SMILES string of the molecule is C=C(/C=C\C)C(=C)c1ccnn1-c1ccccc1. The zero-order chi connectivity index (χ0) is 13.0. The van der Waals surface area contributed by atoms with E-state index in [9.17, 15) is 0 Å². The van der Waals surface area contributed by atoms with Crippen molar-refractivity contribution in [2.75, 3.05) is 0 Å². The van der Waals surface area contributed by atoms with Crippen LogP contribution in [-0.2, 0) is 0 Å². The van der Waals surface area contributed by atoms with Crippen molar-refractivity contribution < 1.29 is 0 Å². The minimum absolute atomic E-state index is 0.884. The number of benzene rings is 1. The lowest BCUT2D eigenvalue weighted by molar-refractivity contribution is 0.868. The highest BCUT2D eigenvalue weighted by molar-refractivity contribution is 5.78. The Labute approximate surface area is 108 Å². The Kier molecular flexibility index (Phi) is 3.58. The van der Waals surface area contributed by atoms with Crippen LogP contribution in [0.1, 0.15) is 12.6 Å². The van der Waals surface area contributed by atoms with Gasteiger partial charge in [0.2, 0.25) is 0 Å². The van der Waals surface area contributed by atoms with E-state index in [0.29, 0.717) is 0 Å². The first-order valence-corrected chi connectivity index (χ1v) is 5.84. The molecule has 0 unspecified atom stereocenters. The van der Waals surface area contributed by atoms with Gasteiger partial charge < -0.3 is 0 Å². The highest BCUT2D eigenvalue weighted by atomic mass is 15.3. The predicted octanol–water partition coefficient (Wildman–Crippen LogP) is 4.02. The van der Waals surface area contributed by atoms with Gasteiger partial charge in [-0.05, 0) is 36.3 Å². The summed E-state index contributed by atoms with van der Waals surface area (Å²) in [6.07, 6.45) is 5.68. The number of aromatic nitrogens is 2. The fourth-order valence-corrected chi connectivity index (χ4v) is 1.77. The summed E-state index contributed by atoms with van der Waals surface area (Å²) in [6, 6.07) is 11.9. The molecule has 1 aromatic carbocycles. The first kappa shape index (κ1) is 12.1. The zero-order valence-corrected chi connectivity index (χ0v) is 10.5. The number of nitrogens with zero attached hydrogens (tertiary/aromatic N) is 2. The Bertz CT molecular complexity index is 589. The Hall–Kier alpha value is -2.35. The van der Waals surface area contributed by atoms with E-state index in [1.807, 2.05) is 60.2 Å². The fraction of sp³-hybridized carbons (Fsp3) is 0.0625. The standard InChI is InChI=1S/C16H16N2/c1-4-8-13(2)14(3)16-11-12-17-18(16)15-9-6-5-7-10-15/h4-12H,2-3H2,1H3/b8-4-. The van der Waals surface area contributed by atoms with Crippen molar-refractivity contribution in [3.05, 3.63) is 79.2 Å². The summed E-state index contributed by atoms with van der Waals surface area (Å²) in [5.41, 5.74) is 3.76. The molecule has 0 aliphatic rings. The molecule has 0 radical (unpaired) electrons. The number of para-hydroxylation sites is 1. The van der Waals surface area contributed by atoms with Crippen LogP contribution in [0, 0.1) is 0 Å². The number of allylic oxidation sites excluding steroid dienone is 4. The van der Waals surface area contributed by atoms with Crippen LogP contribution in [0.5, 0.6) is 0 Å². The first-order valence-electron chi connectivity index (χ1n) is 5.84. The largest absolute Gasteiger partial charge is 0.233 e. The molecule has 0 saturated heterocycles. The van der Waals surface area contributed by atoms with E-state index in [1.54, 1.807) is 6.20 Å². The van der Waals surface area contributed by atoms with Gasteiger partial charge in [-0.1, -0.05) is 43.5 Å². The molecule has 2 nitrogen and oxygen atoms in total. The summed E-state index contributed by atoms with van der Waals surface area (Å²) in [4.78, 5) is 0. The molecule has 0 N–H and O–H groups in total. The maximum Gasteiger partial charge on any atom is 0.0740 e. The van der Waals surface area contributed by atoms with Crippen LogP contribution in [0.25, 0.3) is 11.3 Å². The Balaban J connectivity index is 2.40. The topological polar surface area (TPSA) is 17.8 Å². The van der Waals surface area contributed by atoms with Gasteiger partial charge in [-0.15, -0.1) is 0 Å². The van der Waals surface area contributed by atoms with E-state index in [0.717, 1.165) is 22.5 Å². The number of rotatable bonds is 4. The summed E-state index contributed by atoms with van der Waals surface area (Å²) < 4.78 is 1.87. The van der Waals surface area contributed by atoms with Crippen LogP contribution < -0.4 is 0 Å². The van der Waals surface area contributed by atoms with E-state index < -0.39 is 0 Å². The van der Waals surface area contributed by atoms with Crippen LogP contribution in [0.15, 0.2) is 73.5 Å². The van der Waals surface area contributed by atoms with Gasteiger partial charge in [0.1, 0.15) is 0 Å². The zero-order valence-electron chi connectivity index (χ0n) is 10.5. The third kappa shape index (κ3) is 2.33. The van der Waals surface area contributed by atoms with Gasteiger partial charge in [-0.3, -0.25) is 0 Å². The van der Waals surface area contributed by atoms with E-state index in [2.05, 4.69) is 18.3 Å². The molecule has 0 amide bonds. The van der Waals surface area contributed by atoms with E-state index in [4.69, 9.17) is 0 Å². The molecule has 90 valence electrons. The normalized spacial score (nSPS) is 10.7. The summed E-state index contributed by atoms with van der Waals surface area (Å²) >= 11 is 0. The van der Waals surface area contributed by atoms with Crippen molar-refractivity contribution >= 4 is 5.57 Å². The molecule has 2 heteroatoms. The number of hydrogen-bond donors (Lipinski definition) is 0. The quantitative estimate of drug-likeness (QED) is 0.733. The molecule has 1 aromatic heterocycles. The lowest BCUT2D eigenvalue weighted by Crippen LogP contribution is -2.01. The van der Waals surface area contributed by atoms with Crippen molar-refractivity contribution in [3.63, 3.8) is 0 Å². The second-order valence-electron chi connectivity index (χ2n) is 3.97. The second kappa shape index (κ2) is 5.32. The lowest BCUT2D eigenvalue weighted by Gasteiger charge is -2.09. The molecule has 0 spiro atoms. The average Bonchev–Trinajstić information content (AvgIpc) is 2.88. The summed E-state index contributed by atoms with van der Waals surface area (Å²) in [7, 11) is 0. The van der Waals surface area contributed by atoms with Crippen LogP contribution >= 0.6 is 0 Å². The molecular weight excluding hydrogens is 220 g/mol. The van der Waals surface area contributed by atoms with Gasteiger partial charge in [-0.25, -0.2) is 4.68 Å². The number of hydrogen-bond acceptors (Lipinski definition) is 1. The van der Waals surface area contributed by atoms with Crippen LogP contribution in [-0.4, -0.2) is 9.78 Å². The summed E-state index contributed by atoms with van der Waals surface area (Å²) in [5, 5.41) is 4.34. The monoisotopic (exact) mass is 236 g/mol. The highest BCUT2D eigenvalue weighted by Gasteiger charge is 2.08. The summed E-state index contributed by atoms with van der Waals surface area (Å²) in [6.45, 7) is 10.1. The highest BCUT2D eigenvalue weighted by Crippen LogP contribution is 2.22. The molecular formula is C16H16N2. The van der Waals surface area contributed by atoms with E-state index in [-0.39, 0.29) is 0 Å². The Morgan fingerprint density at radius 3 is 2.56 bits per heavy atom. The molecule has 1 heterocycles. The maximum atomic E-state index is 4.34. The predicted molar refractivity (Wildman–Crippen MR) is 76.6 cm³/mol. The molecule has 2 aromatic rings. The van der Waals surface area contributed by atoms with Gasteiger partial charge in [0.15, 0.2) is 0 Å². The molecule has 0 atom stereocenters. The van der Waals surface area contributed by atoms with Gasteiger partial charge in [0.25, 0.3) is 0 Å². The van der Waals surface area contributed by atoms with E-state index >= 15 is 0 Å².